The van der Waals surface area contributed by atoms with Gasteiger partial charge in [0.2, 0.25) is 0 Å². The van der Waals surface area contributed by atoms with E-state index in [-0.39, 0.29) is 5.91 Å². The van der Waals surface area contributed by atoms with Crippen LogP contribution in [0, 0.1) is 0 Å². The van der Waals surface area contributed by atoms with Gasteiger partial charge < -0.3 is 10.1 Å². The lowest BCUT2D eigenvalue weighted by molar-refractivity contribution is -0.110. The number of nitrogens with zero attached hydrogens (tertiary/aromatic N) is 1. The van der Waals surface area contributed by atoms with Crippen LogP contribution in [-0.4, -0.2) is 23.2 Å². The molecule has 5 heteroatoms. The minimum absolute atomic E-state index is 0.0821. The van der Waals surface area contributed by atoms with Crippen molar-refractivity contribution in [3.8, 4) is 5.75 Å². The first kappa shape index (κ1) is 17.9. The summed E-state index contributed by atoms with van der Waals surface area (Å²) in [6, 6.07) is 21.6. The fourth-order valence-electron chi connectivity index (χ4n) is 3.70. The summed E-state index contributed by atoms with van der Waals surface area (Å²) in [6.45, 7) is 0. The van der Waals surface area contributed by atoms with Gasteiger partial charge in [0, 0.05) is 27.8 Å². The summed E-state index contributed by atoms with van der Waals surface area (Å²) in [7, 11) is 1.66. The molecule has 3 aromatic carbocycles. The highest BCUT2D eigenvalue weighted by Gasteiger charge is 2.23. The van der Waals surface area contributed by atoms with Crippen molar-refractivity contribution in [2.75, 3.05) is 12.4 Å². The number of para-hydroxylation sites is 2. The Kier molecular flexibility index (Phi) is 4.41. The summed E-state index contributed by atoms with van der Waals surface area (Å²) in [5.74, 6) is 0.735. The van der Waals surface area contributed by atoms with E-state index in [9.17, 15) is 4.79 Å². The zero-order valence-electron chi connectivity index (χ0n) is 16.3. The molecule has 1 aliphatic rings. The summed E-state index contributed by atoms with van der Waals surface area (Å²) in [5.41, 5.74) is 6.12. The number of anilines is 1. The van der Waals surface area contributed by atoms with Crippen LogP contribution in [0.3, 0.4) is 0 Å². The Morgan fingerprint density at radius 1 is 0.967 bits per heavy atom. The first-order chi connectivity index (χ1) is 14.7. The van der Waals surface area contributed by atoms with Crippen molar-refractivity contribution < 1.29 is 9.53 Å². The molecule has 0 bridgehead atoms. The number of fused-ring (bicyclic) bond motifs is 2. The maximum absolute atomic E-state index is 12.4. The van der Waals surface area contributed by atoms with Crippen LogP contribution in [0.4, 0.5) is 5.69 Å². The molecule has 2 N–H and O–H groups in total. The van der Waals surface area contributed by atoms with Crippen LogP contribution in [0.15, 0.2) is 66.7 Å². The average molecular weight is 393 g/mol. The molecule has 0 radical (unpaired) electrons. The molecule has 0 aliphatic carbocycles. The molecule has 5 nitrogen and oxygen atoms in total. The number of H-pyrrole nitrogens is 1. The largest absolute Gasteiger partial charge is 0.496 e. The zero-order valence-corrected chi connectivity index (χ0v) is 16.3. The number of carbonyl (C=O) groups excluding carboxylic acids is 1. The first-order valence-corrected chi connectivity index (χ1v) is 9.64. The van der Waals surface area contributed by atoms with Gasteiger partial charge >= 0.3 is 0 Å². The van der Waals surface area contributed by atoms with Gasteiger partial charge in [0.15, 0.2) is 0 Å². The van der Waals surface area contributed by atoms with Gasteiger partial charge in [-0.25, -0.2) is 0 Å². The molecular weight excluding hydrogens is 374 g/mol. The predicted molar refractivity (Wildman–Crippen MR) is 121 cm³/mol. The highest BCUT2D eigenvalue weighted by Crippen LogP contribution is 2.33. The molecule has 1 amide bonds. The second kappa shape index (κ2) is 7.37. The van der Waals surface area contributed by atoms with E-state index in [1.54, 1.807) is 7.11 Å². The smallest absolute Gasteiger partial charge is 0.256 e. The number of methoxy groups -OCH3 is 1. The van der Waals surface area contributed by atoms with E-state index in [0.29, 0.717) is 5.57 Å². The van der Waals surface area contributed by atoms with Crippen molar-refractivity contribution in [1.82, 2.24) is 10.2 Å². The van der Waals surface area contributed by atoms with Crippen LogP contribution in [0.25, 0.3) is 34.7 Å². The summed E-state index contributed by atoms with van der Waals surface area (Å²) >= 11 is 0. The summed E-state index contributed by atoms with van der Waals surface area (Å²) < 4.78 is 5.40. The SMILES string of the molecule is COc1ccccc1/C=C/c1n[nH]c2cc(/C=C3\C(=O)Nc4ccccc43)ccc12. The Bertz CT molecular complexity index is 1330. The highest BCUT2D eigenvalue weighted by molar-refractivity contribution is 6.34. The number of amides is 1. The lowest BCUT2D eigenvalue weighted by Crippen LogP contribution is -2.03. The Labute approximate surface area is 173 Å². The van der Waals surface area contributed by atoms with E-state index in [0.717, 1.165) is 44.7 Å². The molecule has 0 saturated heterocycles. The van der Waals surface area contributed by atoms with Crippen LogP contribution in [-0.2, 0) is 4.79 Å². The number of ether oxygens (including phenoxy) is 1. The number of carbonyl (C=O) groups is 1. The third-order valence-electron chi connectivity index (χ3n) is 5.20. The van der Waals surface area contributed by atoms with Crippen LogP contribution >= 0.6 is 0 Å². The van der Waals surface area contributed by atoms with Crippen molar-refractivity contribution in [2.24, 2.45) is 0 Å². The van der Waals surface area contributed by atoms with Gasteiger partial charge in [-0.3, -0.25) is 9.89 Å². The third-order valence-corrected chi connectivity index (χ3v) is 5.20. The Morgan fingerprint density at radius 2 is 1.80 bits per heavy atom. The Morgan fingerprint density at radius 3 is 2.70 bits per heavy atom. The number of hydrogen-bond acceptors (Lipinski definition) is 3. The molecule has 0 fully saturated rings. The first-order valence-electron chi connectivity index (χ1n) is 9.64. The van der Waals surface area contributed by atoms with Gasteiger partial charge in [0.25, 0.3) is 5.91 Å². The van der Waals surface area contributed by atoms with Crippen molar-refractivity contribution >= 4 is 46.3 Å². The predicted octanol–water partition coefficient (Wildman–Crippen LogP) is 5.23. The molecule has 4 aromatic rings. The summed E-state index contributed by atoms with van der Waals surface area (Å²) in [5, 5.41) is 11.4. The fourth-order valence-corrected chi connectivity index (χ4v) is 3.70. The molecular formula is C25H19N3O2. The maximum Gasteiger partial charge on any atom is 0.256 e. The minimum atomic E-state index is -0.0821. The number of aromatic nitrogens is 2. The topological polar surface area (TPSA) is 67.0 Å². The van der Waals surface area contributed by atoms with Crippen LogP contribution in [0.1, 0.15) is 22.4 Å². The second-order valence-electron chi connectivity index (χ2n) is 7.05. The Balaban J connectivity index is 1.48. The minimum Gasteiger partial charge on any atom is -0.496 e. The van der Waals surface area contributed by atoms with E-state index < -0.39 is 0 Å². The van der Waals surface area contributed by atoms with Crippen molar-refractivity contribution in [2.45, 2.75) is 0 Å². The van der Waals surface area contributed by atoms with Crippen LogP contribution in [0.5, 0.6) is 5.75 Å². The lowest BCUT2D eigenvalue weighted by Gasteiger charge is -2.02. The van der Waals surface area contributed by atoms with Gasteiger partial charge in [-0.05, 0) is 48.1 Å². The average Bonchev–Trinajstić information content (AvgIpc) is 3.32. The molecule has 146 valence electrons. The molecule has 1 aromatic heterocycles. The number of hydrogen-bond donors (Lipinski definition) is 2. The third kappa shape index (κ3) is 3.16. The number of aromatic amines is 1. The molecule has 1 aliphatic heterocycles. The van der Waals surface area contributed by atoms with E-state index in [1.165, 1.54) is 0 Å². The van der Waals surface area contributed by atoms with Crippen molar-refractivity contribution in [1.29, 1.82) is 0 Å². The van der Waals surface area contributed by atoms with Gasteiger partial charge in [0.1, 0.15) is 5.75 Å². The quantitative estimate of drug-likeness (QED) is 0.466. The second-order valence-corrected chi connectivity index (χ2v) is 7.05. The van der Waals surface area contributed by atoms with E-state index in [2.05, 4.69) is 15.5 Å². The monoisotopic (exact) mass is 393 g/mol. The highest BCUT2D eigenvalue weighted by atomic mass is 16.5. The molecule has 0 spiro atoms. The van der Waals surface area contributed by atoms with Gasteiger partial charge in [-0.15, -0.1) is 0 Å². The lowest BCUT2D eigenvalue weighted by atomic mass is 10.0. The van der Waals surface area contributed by atoms with Crippen LogP contribution < -0.4 is 10.1 Å². The van der Waals surface area contributed by atoms with Crippen molar-refractivity contribution in [3.05, 3.63) is 89.1 Å². The molecule has 30 heavy (non-hydrogen) atoms. The molecule has 5 rings (SSSR count). The Hall–Kier alpha value is -4.12. The van der Waals surface area contributed by atoms with Crippen molar-refractivity contribution in [3.63, 3.8) is 0 Å². The number of nitrogens with one attached hydrogen (secondary N) is 2. The zero-order chi connectivity index (χ0) is 20.5. The maximum atomic E-state index is 12.4. The molecule has 0 atom stereocenters. The van der Waals surface area contributed by atoms with E-state index in [1.807, 2.05) is 85.0 Å². The standard InChI is InChI=1S/C25H19N3O2/c1-30-24-9-5-2-6-17(24)11-13-22-19-12-10-16(15-23(19)28-27-22)14-20-18-7-3-4-8-21(18)26-25(20)29/h2-15H,1H3,(H,26,29)(H,27,28)/b13-11+,20-14-. The normalized spacial score (nSPS) is 14.4. The number of benzene rings is 3. The molecule has 2 heterocycles. The number of rotatable bonds is 4. The summed E-state index contributed by atoms with van der Waals surface area (Å²) in [4.78, 5) is 12.4. The van der Waals surface area contributed by atoms with Gasteiger partial charge in [-0.1, -0.05) is 42.5 Å². The fraction of sp³-hybridized carbons (Fsp3) is 0.0400. The van der Waals surface area contributed by atoms with E-state index >= 15 is 0 Å². The molecule has 0 unspecified atom stereocenters. The summed E-state index contributed by atoms with van der Waals surface area (Å²) in [6.07, 6.45) is 5.87. The molecule has 0 saturated carbocycles. The van der Waals surface area contributed by atoms with Gasteiger partial charge in [0.05, 0.1) is 18.3 Å². The van der Waals surface area contributed by atoms with E-state index in [4.69, 9.17) is 4.74 Å². The van der Waals surface area contributed by atoms with Crippen LogP contribution in [0.2, 0.25) is 0 Å². The van der Waals surface area contributed by atoms with Gasteiger partial charge in [-0.2, -0.15) is 5.10 Å².